The first-order valence-electron chi connectivity index (χ1n) is 9.92. The monoisotopic (exact) mass is 341 g/mol. The molecular weight excluding hydrogens is 310 g/mol. The topological polar surface area (TPSA) is 35.6 Å². The minimum atomic E-state index is 0.295. The number of rotatable bonds is 4. The van der Waals surface area contributed by atoms with Crippen molar-refractivity contribution in [2.24, 2.45) is 11.3 Å². The summed E-state index contributed by atoms with van der Waals surface area (Å²) in [7, 11) is 2.05. The molecule has 0 radical (unpaired) electrons. The molecule has 4 nitrogen and oxygen atoms in total. The predicted molar refractivity (Wildman–Crippen MR) is 100 cm³/mol. The van der Waals surface area contributed by atoms with E-state index in [1.807, 2.05) is 7.05 Å². The number of hydrogen-bond acceptors (Lipinski definition) is 3. The number of amides is 1. The number of carbonyl (C=O) groups excluding carboxylic acids is 1. The molecular formula is C21H31N3O. The first-order chi connectivity index (χ1) is 12.2. The number of likely N-dealkylation sites (N-methyl/N-ethyl adjacent to an activating group) is 1. The van der Waals surface area contributed by atoms with Crippen LogP contribution in [0.3, 0.4) is 0 Å². The van der Waals surface area contributed by atoms with Crippen LogP contribution < -0.4 is 5.32 Å². The third-order valence-corrected chi connectivity index (χ3v) is 6.71. The molecule has 1 aromatic carbocycles. The Labute approximate surface area is 151 Å². The maximum atomic E-state index is 13.0. The lowest BCUT2D eigenvalue weighted by molar-refractivity contribution is -0.135. The van der Waals surface area contributed by atoms with Crippen LogP contribution in [0.4, 0.5) is 0 Å². The van der Waals surface area contributed by atoms with Gasteiger partial charge in [0.25, 0.3) is 0 Å². The molecule has 1 saturated carbocycles. The molecule has 2 saturated heterocycles. The van der Waals surface area contributed by atoms with Crippen molar-refractivity contribution < 1.29 is 4.79 Å². The molecule has 0 bridgehead atoms. The Morgan fingerprint density at radius 3 is 2.80 bits per heavy atom. The molecule has 1 aromatic rings. The lowest BCUT2D eigenvalue weighted by atomic mass is 9.91. The van der Waals surface area contributed by atoms with E-state index in [1.165, 1.54) is 24.8 Å². The van der Waals surface area contributed by atoms with Gasteiger partial charge in [-0.15, -0.1) is 0 Å². The molecule has 2 aliphatic heterocycles. The van der Waals surface area contributed by atoms with Gasteiger partial charge in [-0.2, -0.15) is 0 Å². The maximum Gasteiger partial charge on any atom is 0.226 e. The summed E-state index contributed by atoms with van der Waals surface area (Å²) in [4.78, 5) is 17.6. The van der Waals surface area contributed by atoms with Crippen LogP contribution in [-0.2, 0) is 11.3 Å². The predicted octanol–water partition coefficient (Wildman–Crippen LogP) is 2.50. The molecule has 2 atom stereocenters. The van der Waals surface area contributed by atoms with Crippen molar-refractivity contribution in [2.45, 2.75) is 44.7 Å². The number of nitrogens with zero attached hydrogens (tertiary/aromatic N) is 2. The highest BCUT2D eigenvalue weighted by atomic mass is 16.2. The van der Waals surface area contributed by atoms with E-state index in [-0.39, 0.29) is 0 Å². The van der Waals surface area contributed by atoms with Crippen LogP contribution in [0.25, 0.3) is 0 Å². The van der Waals surface area contributed by atoms with Crippen LogP contribution in [0, 0.1) is 11.3 Å². The van der Waals surface area contributed by atoms with Gasteiger partial charge in [-0.05, 0) is 62.7 Å². The number of piperidine rings is 2. The summed E-state index contributed by atoms with van der Waals surface area (Å²) in [5.41, 5.74) is 1.71. The molecule has 1 amide bonds. The Bertz CT molecular complexity index is 596. The van der Waals surface area contributed by atoms with Crippen LogP contribution in [0.2, 0.25) is 0 Å². The van der Waals surface area contributed by atoms with Gasteiger partial charge in [-0.3, -0.25) is 9.69 Å². The van der Waals surface area contributed by atoms with Crippen LogP contribution in [-0.4, -0.2) is 55.0 Å². The zero-order valence-electron chi connectivity index (χ0n) is 15.4. The number of hydrogen-bond donors (Lipinski definition) is 1. The second kappa shape index (κ2) is 7.08. The molecule has 4 heteroatoms. The summed E-state index contributed by atoms with van der Waals surface area (Å²) >= 11 is 0. The second-order valence-electron chi connectivity index (χ2n) is 8.33. The molecule has 2 unspecified atom stereocenters. The van der Waals surface area contributed by atoms with Crippen molar-refractivity contribution in [3.8, 4) is 0 Å². The summed E-state index contributed by atoms with van der Waals surface area (Å²) in [5.74, 6) is 0.706. The lowest BCUT2D eigenvalue weighted by Gasteiger charge is -2.38. The Morgan fingerprint density at radius 2 is 2.04 bits per heavy atom. The van der Waals surface area contributed by atoms with Gasteiger partial charge in [0.05, 0.1) is 0 Å². The first-order valence-corrected chi connectivity index (χ1v) is 9.92. The van der Waals surface area contributed by atoms with E-state index in [1.54, 1.807) is 0 Å². The highest BCUT2D eigenvalue weighted by molar-refractivity contribution is 5.82. The lowest BCUT2D eigenvalue weighted by Crippen LogP contribution is -2.49. The summed E-state index contributed by atoms with van der Waals surface area (Å²) < 4.78 is 0. The van der Waals surface area contributed by atoms with Crippen LogP contribution in [0.15, 0.2) is 30.3 Å². The van der Waals surface area contributed by atoms with Crippen LogP contribution >= 0.6 is 0 Å². The van der Waals surface area contributed by atoms with E-state index in [4.69, 9.17) is 0 Å². The quantitative estimate of drug-likeness (QED) is 0.914. The SMILES string of the molecule is CN(C(=O)C1CC12CCNCC2)C1CCCN(Cc2ccccc2)C1. The van der Waals surface area contributed by atoms with Crippen molar-refractivity contribution in [3.63, 3.8) is 0 Å². The molecule has 1 N–H and O–H groups in total. The third-order valence-electron chi connectivity index (χ3n) is 6.71. The van der Waals surface area contributed by atoms with Gasteiger partial charge in [-0.1, -0.05) is 30.3 Å². The molecule has 2 heterocycles. The largest absolute Gasteiger partial charge is 0.341 e. The Balaban J connectivity index is 1.34. The highest BCUT2D eigenvalue weighted by Crippen LogP contribution is 2.59. The number of likely N-dealkylation sites (tertiary alicyclic amines) is 1. The van der Waals surface area contributed by atoms with E-state index >= 15 is 0 Å². The van der Waals surface area contributed by atoms with Crippen molar-refractivity contribution in [1.82, 2.24) is 15.1 Å². The number of carbonyl (C=O) groups is 1. The Kier molecular flexibility index (Phi) is 4.83. The zero-order valence-corrected chi connectivity index (χ0v) is 15.4. The van der Waals surface area contributed by atoms with E-state index in [9.17, 15) is 4.79 Å². The molecule has 25 heavy (non-hydrogen) atoms. The molecule has 3 aliphatic rings. The molecule has 1 aliphatic carbocycles. The fraction of sp³-hybridized carbons (Fsp3) is 0.667. The molecule has 1 spiro atoms. The van der Waals surface area contributed by atoms with Gasteiger partial charge in [0, 0.05) is 32.1 Å². The summed E-state index contributed by atoms with van der Waals surface area (Å²) in [5, 5.41) is 3.43. The van der Waals surface area contributed by atoms with Crippen molar-refractivity contribution in [3.05, 3.63) is 35.9 Å². The molecule has 136 valence electrons. The number of benzene rings is 1. The van der Waals surface area contributed by atoms with Gasteiger partial charge in [-0.25, -0.2) is 0 Å². The highest BCUT2D eigenvalue weighted by Gasteiger charge is 2.58. The zero-order chi connectivity index (χ0) is 17.3. The molecule has 3 fully saturated rings. The average Bonchev–Trinajstić information content (AvgIpc) is 3.35. The number of nitrogens with one attached hydrogen (secondary N) is 1. The van der Waals surface area contributed by atoms with Gasteiger partial charge >= 0.3 is 0 Å². The standard InChI is InChI=1S/C21H31N3O/c1-23(20(25)19-14-21(19)9-11-22-12-10-21)18-8-5-13-24(16-18)15-17-6-3-2-4-7-17/h2-4,6-7,18-19,22H,5,8-16H2,1H3. The van der Waals surface area contributed by atoms with Crippen LogP contribution in [0.5, 0.6) is 0 Å². The Hall–Kier alpha value is -1.39. The third kappa shape index (κ3) is 3.61. The van der Waals surface area contributed by atoms with Gasteiger partial charge < -0.3 is 10.2 Å². The summed E-state index contributed by atoms with van der Waals surface area (Å²) in [6.45, 7) is 5.33. The van der Waals surface area contributed by atoms with E-state index < -0.39 is 0 Å². The van der Waals surface area contributed by atoms with Gasteiger partial charge in [0.1, 0.15) is 0 Å². The second-order valence-corrected chi connectivity index (χ2v) is 8.33. The smallest absolute Gasteiger partial charge is 0.226 e. The van der Waals surface area contributed by atoms with E-state index in [0.29, 0.717) is 23.3 Å². The van der Waals surface area contributed by atoms with Crippen molar-refractivity contribution in [1.29, 1.82) is 0 Å². The minimum Gasteiger partial charge on any atom is -0.341 e. The summed E-state index contributed by atoms with van der Waals surface area (Å²) in [6.07, 6.45) is 5.83. The normalized spacial score (nSPS) is 28.7. The molecule has 0 aromatic heterocycles. The Morgan fingerprint density at radius 1 is 1.28 bits per heavy atom. The summed E-state index contributed by atoms with van der Waals surface area (Å²) in [6, 6.07) is 11.1. The van der Waals surface area contributed by atoms with Gasteiger partial charge in [0.15, 0.2) is 0 Å². The average molecular weight is 341 g/mol. The molecule has 4 rings (SSSR count). The van der Waals surface area contributed by atoms with Crippen molar-refractivity contribution in [2.75, 3.05) is 33.2 Å². The van der Waals surface area contributed by atoms with E-state index in [2.05, 4.69) is 45.4 Å². The van der Waals surface area contributed by atoms with Crippen molar-refractivity contribution >= 4 is 5.91 Å². The maximum absolute atomic E-state index is 13.0. The fourth-order valence-electron chi connectivity index (χ4n) is 4.93. The van der Waals surface area contributed by atoms with Crippen LogP contribution in [0.1, 0.15) is 37.7 Å². The minimum absolute atomic E-state index is 0.295. The fourth-order valence-corrected chi connectivity index (χ4v) is 4.93. The van der Waals surface area contributed by atoms with E-state index in [0.717, 1.165) is 45.6 Å². The van der Waals surface area contributed by atoms with Gasteiger partial charge in [0.2, 0.25) is 5.91 Å². The first kappa shape index (κ1) is 17.0.